The van der Waals surface area contributed by atoms with E-state index in [1.807, 2.05) is 11.0 Å². The van der Waals surface area contributed by atoms with Crippen LogP contribution in [0.5, 0.6) is 0 Å². The van der Waals surface area contributed by atoms with Crippen LogP contribution in [0, 0.1) is 5.41 Å². The van der Waals surface area contributed by atoms with Gasteiger partial charge in [0, 0.05) is 17.3 Å². The van der Waals surface area contributed by atoms with Crippen LogP contribution < -0.4 is 10.6 Å². The molecule has 2 rings (SSSR count). The van der Waals surface area contributed by atoms with E-state index in [1.165, 1.54) is 25.6 Å². The largest absolute Gasteiger partial charge is 0.397 e. The van der Waals surface area contributed by atoms with Crippen molar-refractivity contribution >= 4 is 60.1 Å². The Morgan fingerprint density at radius 2 is 1.65 bits per heavy atom. The molecule has 0 unspecified atom stereocenters. The second-order valence-electron chi connectivity index (χ2n) is 4.75. The summed E-state index contributed by atoms with van der Waals surface area (Å²) in [6.45, 7) is 3.58. The minimum absolute atomic E-state index is 0.201. The lowest BCUT2D eigenvalue weighted by atomic mass is 10.2. The number of hydrogen-bond donors (Lipinski definition) is 4. The number of nitrogens with one attached hydrogen (secondary N) is 1. The first-order chi connectivity index (χ1) is 11.8. The summed E-state index contributed by atoms with van der Waals surface area (Å²) in [7, 11) is -7.32. The van der Waals surface area contributed by atoms with Crippen molar-refractivity contribution in [2.45, 2.75) is 13.8 Å². The molecule has 1 aliphatic rings. The van der Waals surface area contributed by atoms with Crippen molar-refractivity contribution in [1.82, 2.24) is 0 Å². The van der Waals surface area contributed by atoms with Gasteiger partial charge in [0.05, 0.1) is 22.9 Å². The van der Waals surface area contributed by atoms with Crippen LogP contribution in [0.1, 0.15) is 13.8 Å². The van der Waals surface area contributed by atoms with Crippen molar-refractivity contribution < 1.29 is 25.9 Å². The summed E-state index contributed by atoms with van der Waals surface area (Å²) in [5.41, 5.74) is 7.34. The van der Waals surface area contributed by atoms with Crippen molar-refractivity contribution in [3.8, 4) is 0 Å². The molecule has 9 nitrogen and oxygen atoms in total. The smallest absolute Gasteiger partial charge is 0.264 e. The topological polar surface area (TPSA) is 162 Å². The summed E-state index contributed by atoms with van der Waals surface area (Å²) >= 11 is 7.34. The summed E-state index contributed by atoms with van der Waals surface area (Å²) < 4.78 is 53.8. The fourth-order valence-electron chi connectivity index (χ4n) is 1.41. The van der Waals surface area contributed by atoms with Crippen molar-refractivity contribution in [1.29, 1.82) is 5.41 Å². The molecule has 0 aliphatic carbocycles. The van der Waals surface area contributed by atoms with Gasteiger partial charge in [0.25, 0.3) is 20.2 Å². The lowest BCUT2D eigenvalue weighted by Crippen LogP contribution is -2.23. The quantitative estimate of drug-likeness (QED) is 0.401. The third kappa shape index (κ3) is 10.8. The summed E-state index contributed by atoms with van der Waals surface area (Å²) in [5.74, 6) is 0.543. The highest BCUT2D eigenvalue weighted by Gasteiger charge is 2.20. The van der Waals surface area contributed by atoms with E-state index in [2.05, 4.69) is 0 Å². The van der Waals surface area contributed by atoms with Gasteiger partial charge in [0.1, 0.15) is 0 Å². The molecule has 0 radical (unpaired) electrons. The molecule has 0 spiro atoms. The van der Waals surface area contributed by atoms with Gasteiger partial charge in [0.2, 0.25) is 0 Å². The van der Waals surface area contributed by atoms with Crippen LogP contribution in [-0.4, -0.2) is 54.9 Å². The van der Waals surface area contributed by atoms with Crippen LogP contribution >= 0.6 is 23.4 Å². The van der Waals surface area contributed by atoms with Gasteiger partial charge in [-0.25, -0.2) is 0 Å². The zero-order valence-electron chi connectivity index (χ0n) is 14.2. The number of nitrogen functional groups attached to an aromatic ring is 1. The number of rotatable bonds is 3. The van der Waals surface area contributed by atoms with E-state index in [4.69, 9.17) is 31.8 Å². The van der Waals surface area contributed by atoms with Crippen LogP contribution in [0.4, 0.5) is 11.4 Å². The van der Waals surface area contributed by atoms with Gasteiger partial charge in [-0.1, -0.05) is 23.4 Å². The molecule has 0 bridgehead atoms. The molecule has 0 aromatic heterocycles. The molecule has 13 heteroatoms. The predicted octanol–water partition coefficient (Wildman–Crippen LogP) is 2.20. The van der Waals surface area contributed by atoms with Crippen LogP contribution in [-0.2, 0) is 20.2 Å². The fourth-order valence-corrected chi connectivity index (χ4v) is 2.41. The Morgan fingerprint density at radius 1 is 1.19 bits per heavy atom. The van der Waals surface area contributed by atoms with E-state index in [0.717, 1.165) is 18.0 Å². The highest BCUT2D eigenvalue weighted by atomic mass is 35.5. The minimum Gasteiger partial charge on any atom is -0.397 e. The summed E-state index contributed by atoms with van der Waals surface area (Å²) in [6.07, 6.45) is 0. The van der Waals surface area contributed by atoms with Crippen LogP contribution in [0.3, 0.4) is 0 Å². The highest BCUT2D eigenvalue weighted by Crippen LogP contribution is 2.31. The van der Waals surface area contributed by atoms with Gasteiger partial charge in [-0.15, -0.1) is 0 Å². The first kappa shape index (κ1) is 24.9. The van der Waals surface area contributed by atoms with Crippen LogP contribution in [0.25, 0.3) is 0 Å². The number of anilines is 2. The van der Waals surface area contributed by atoms with Crippen LogP contribution in [0.2, 0.25) is 5.02 Å². The van der Waals surface area contributed by atoms with Crippen LogP contribution in [0.15, 0.2) is 18.2 Å². The van der Waals surface area contributed by atoms with Crippen molar-refractivity contribution in [2.24, 2.45) is 0 Å². The standard InChI is InChI=1S/C9H10ClN3S.2C2H6O3S/c10-6-1-2-8(7(11)5-6)13-3-4-14-9(13)12;2*1-2-6(3,4)5/h1-2,5,12H,3-4,11H2;2*2H2,1H3,(H,3,4,5). The average molecular weight is 448 g/mol. The number of benzene rings is 1. The Bertz CT molecular complexity index is 782. The summed E-state index contributed by atoms with van der Waals surface area (Å²) in [6, 6.07) is 5.37. The normalized spacial score (nSPS) is 14.2. The number of nitrogens with two attached hydrogens (primary N) is 1. The molecule has 1 aromatic rings. The Labute approximate surface area is 162 Å². The summed E-state index contributed by atoms with van der Waals surface area (Å²) in [5, 5.41) is 8.88. The Balaban J connectivity index is 0.000000437. The lowest BCUT2D eigenvalue weighted by Gasteiger charge is -2.18. The number of hydrogen-bond acceptors (Lipinski definition) is 7. The zero-order valence-corrected chi connectivity index (χ0v) is 17.4. The zero-order chi connectivity index (χ0) is 20.5. The van der Waals surface area contributed by atoms with Gasteiger partial charge in [-0.3, -0.25) is 14.5 Å². The molecule has 1 fully saturated rings. The number of amidine groups is 1. The maximum Gasteiger partial charge on any atom is 0.264 e. The van der Waals surface area contributed by atoms with Gasteiger partial charge in [0.15, 0.2) is 5.17 Å². The van der Waals surface area contributed by atoms with E-state index < -0.39 is 20.2 Å². The number of halogens is 1. The maximum atomic E-state index is 9.56. The third-order valence-corrected chi connectivity index (χ3v) is 5.38. The molecule has 1 aromatic carbocycles. The molecule has 5 N–H and O–H groups in total. The van der Waals surface area contributed by atoms with Crippen molar-refractivity contribution in [3.63, 3.8) is 0 Å². The van der Waals surface area contributed by atoms with Gasteiger partial charge in [-0.05, 0) is 32.0 Å². The van der Waals surface area contributed by atoms with E-state index in [9.17, 15) is 16.8 Å². The van der Waals surface area contributed by atoms with Crippen molar-refractivity contribution in [3.05, 3.63) is 23.2 Å². The minimum atomic E-state index is -3.66. The molecule has 1 aliphatic heterocycles. The molecule has 0 amide bonds. The Hall–Kier alpha value is -1.05. The molecule has 1 saturated heterocycles. The van der Waals surface area contributed by atoms with Crippen molar-refractivity contribution in [2.75, 3.05) is 34.4 Å². The molecule has 1 heterocycles. The van der Waals surface area contributed by atoms with Gasteiger partial charge < -0.3 is 10.6 Å². The first-order valence-corrected chi connectivity index (χ1v) is 11.8. The summed E-state index contributed by atoms with van der Waals surface area (Å²) in [4.78, 5) is 1.90. The van der Waals surface area contributed by atoms with E-state index >= 15 is 0 Å². The number of nitrogens with zero attached hydrogens (tertiary/aromatic N) is 1. The Morgan fingerprint density at radius 3 is 1.96 bits per heavy atom. The first-order valence-electron chi connectivity index (χ1n) is 7.25. The SMILES string of the molecule is CCS(=O)(=O)O.CCS(=O)(=O)O.N=C1SCCN1c1ccc(Cl)cc1N. The molecule has 26 heavy (non-hydrogen) atoms. The molecular formula is C13H22ClN3O6S3. The fraction of sp³-hybridized carbons (Fsp3) is 0.462. The van der Waals surface area contributed by atoms with Gasteiger partial charge in [-0.2, -0.15) is 16.8 Å². The highest BCUT2D eigenvalue weighted by molar-refractivity contribution is 8.14. The third-order valence-electron chi connectivity index (χ3n) is 2.81. The molecule has 150 valence electrons. The Kier molecular flexibility index (Phi) is 10.5. The lowest BCUT2D eigenvalue weighted by molar-refractivity contribution is 0.482. The second kappa shape index (κ2) is 10.9. The predicted molar refractivity (Wildman–Crippen MR) is 108 cm³/mol. The van der Waals surface area contributed by atoms with E-state index in [1.54, 1.807) is 12.1 Å². The molecule has 0 atom stereocenters. The monoisotopic (exact) mass is 447 g/mol. The second-order valence-corrected chi connectivity index (χ2v) is 9.75. The maximum absolute atomic E-state index is 9.56. The molecular weight excluding hydrogens is 426 g/mol. The van der Waals surface area contributed by atoms with E-state index in [-0.39, 0.29) is 11.5 Å². The molecule has 0 saturated carbocycles. The average Bonchev–Trinajstić information content (AvgIpc) is 2.93. The van der Waals surface area contributed by atoms with E-state index in [0.29, 0.717) is 15.9 Å². The number of thioether (sulfide) groups is 1. The van der Waals surface area contributed by atoms with Gasteiger partial charge >= 0.3 is 0 Å².